The summed E-state index contributed by atoms with van der Waals surface area (Å²) in [5.41, 5.74) is 0.362. The van der Waals surface area contributed by atoms with E-state index in [1.54, 1.807) is 6.07 Å². The van der Waals surface area contributed by atoms with E-state index in [1.807, 2.05) is 13.8 Å². The third kappa shape index (κ3) is 3.42. The molecule has 0 aromatic heterocycles. The first-order chi connectivity index (χ1) is 7.54. The fourth-order valence-electron chi connectivity index (χ4n) is 1.43. The van der Waals surface area contributed by atoms with E-state index in [9.17, 15) is 9.90 Å². The van der Waals surface area contributed by atoms with Gasteiger partial charge in [0.2, 0.25) is 5.91 Å². The number of carbonyl (C=O) groups excluding carboxylic acids is 1. The van der Waals surface area contributed by atoms with Crippen LogP contribution in [-0.4, -0.2) is 11.0 Å². The van der Waals surface area contributed by atoms with Crippen molar-refractivity contribution in [3.05, 3.63) is 23.2 Å². The first-order valence-electron chi connectivity index (χ1n) is 5.34. The molecule has 88 valence electrons. The Morgan fingerprint density at radius 3 is 2.88 bits per heavy atom. The lowest BCUT2D eigenvalue weighted by Gasteiger charge is -2.12. The third-order valence-electron chi connectivity index (χ3n) is 2.39. The quantitative estimate of drug-likeness (QED) is 0.794. The van der Waals surface area contributed by atoms with Crippen LogP contribution in [0.4, 0.5) is 5.69 Å². The van der Waals surface area contributed by atoms with Gasteiger partial charge in [0, 0.05) is 10.9 Å². The molecule has 0 spiro atoms. The molecule has 0 heterocycles. The fourth-order valence-corrected chi connectivity index (χ4v) is 1.60. The summed E-state index contributed by atoms with van der Waals surface area (Å²) >= 11 is 5.78. The minimum atomic E-state index is -0.0978. The van der Waals surface area contributed by atoms with Crippen LogP contribution in [0.2, 0.25) is 5.02 Å². The first kappa shape index (κ1) is 12.8. The van der Waals surface area contributed by atoms with Gasteiger partial charge in [0.25, 0.3) is 0 Å². The minimum Gasteiger partial charge on any atom is -0.506 e. The van der Waals surface area contributed by atoms with Crippen LogP contribution < -0.4 is 5.32 Å². The molecule has 4 heteroatoms. The van der Waals surface area contributed by atoms with Crippen molar-refractivity contribution in [2.75, 3.05) is 5.32 Å². The SMILES string of the molecule is CCCC(C)C(=O)Nc1cc(Cl)ccc1O. The molecular weight excluding hydrogens is 226 g/mol. The van der Waals surface area contributed by atoms with E-state index in [0.717, 1.165) is 12.8 Å². The number of rotatable bonds is 4. The topological polar surface area (TPSA) is 49.3 Å². The van der Waals surface area contributed by atoms with Crippen molar-refractivity contribution in [2.24, 2.45) is 5.92 Å². The van der Waals surface area contributed by atoms with Crippen LogP contribution in [0, 0.1) is 5.92 Å². The normalized spacial score (nSPS) is 12.2. The summed E-state index contributed by atoms with van der Waals surface area (Å²) < 4.78 is 0. The Balaban J connectivity index is 2.72. The number of benzene rings is 1. The van der Waals surface area contributed by atoms with Crippen LogP contribution in [0.3, 0.4) is 0 Å². The lowest BCUT2D eigenvalue weighted by Crippen LogP contribution is -2.20. The number of phenols is 1. The average Bonchev–Trinajstić information content (AvgIpc) is 2.23. The molecule has 1 aromatic rings. The highest BCUT2D eigenvalue weighted by Gasteiger charge is 2.13. The average molecular weight is 242 g/mol. The van der Waals surface area contributed by atoms with Crippen molar-refractivity contribution < 1.29 is 9.90 Å². The summed E-state index contributed by atoms with van der Waals surface area (Å²) in [7, 11) is 0. The molecule has 0 aliphatic rings. The van der Waals surface area contributed by atoms with Crippen LogP contribution in [0.1, 0.15) is 26.7 Å². The highest BCUT2D eigenvalue weighted by atomic mass is 35.5. The molecule has 0 fully saturated rings. The molecule has 0 bridgehead atoms. The van der Waals surface area contributed by atoms with Gasteiger partial charge in [-0.3, -0.25) is 4.79 Å². The minimum absolute atomic E-state index is 0.0291. The van der Waals surface area contributed by atoms with Crippen LogP contribution in [0.25, 0.3) is 0 Å². The zero-order valence-electron chi connectivity index (χ0n) is 9.46. The second kappa shape index (κ2) is 5.75. The van der Waals surface area contributed by atoms with Gasteiger partial charge in [0.05, 0.1) is 5.69 Å². The molecule has 0 saturated carbocycles. The Morgan fingerprint density at radius 2 is 2.25 bits per heavy atom. The van der Waals surface area contributed by atoms with Crippen molar-refractivity contribution in [3.63, 3.8) is 0 Å². The molecule has 1 unspecified atom stereocenters. The second-order valence-electron chi connectivity index (χ2n) is 3.84. The van der Waals surface area contributed by atoms with Gasteiger partial charge in [-0.2, -0.15) is 0 Å². The Morgan fingerprint density at radius 1 is 1.56 bits per heavy atom. The number of nitrogens with one attached hydrogen (secondary N) is 1. The van der Waals surface area contributed by atoms with Gasteiger partial charge in [-0.1, -0.05) is 31.9 Å². The van der Waals surface area contributed by atoms with E-state index >= 15 is 0 Å². The highest BCUT2D eigenvalue weighted by Crippen LogP contribution is 2.27. The van der Waals surface area contributed by atoms with Crippen LogP contribution in [-0.2, 0) is 4.79 Å². The standard InChI is InChI=1S/C12H16ClNO2/c1-3-4-8(2)12(16)14-10-7-9(13)5-6-11(10)15/h5-8,15H,3-4H2,1-2H3,(H,14,16). The number of halogens is 1. The Labute approximate surface area is 100 Å². The monoisotopic (exact) mass is 241 g/mol. The smallest absolute Gasteiger partial charge is 0.227 e. The molecular formula is C12H16ClNO2. The third-order valence-corrected chi connectivity index (χ3v) is 2.62. The predicted molar refractivity (Wildman–Crippen MR) is 65.8 cm³/mol. The van der Waals surface area contributed by atoms with Crippen molar-refractivity contribution in [3.8, 4) is 5.75 Å². The molecule has 2 N–H and O–H groups in total. The molecule has 0 saturated heterocycles. The largest absolute Gasteiger partial charge is 0.506 e. The van der Waals surface area contributed by atoms with Gasteiger partial charge >= 0.3 is 0 Å². The number of hydrogen-bond acceptors (Lipinski definition) is 2. The molecule has 1 amide bonds. The van der Waals surface area contributed by atoms with Gasteiger partial charge in [0.15, 0.2) is 0 Å². The zero-order valence-corrected chi connectivity index (χ0v) is 10.2. The number of aromatic hydroxyl groups is 1. The van der Waals surface area contributed by atoms with Gasteiger partial charge in [-0.05, 0) is 24.6 Å². The van der Waals surface area contributed by atoms with Crippen molar-refractivity contribution in [1.82, 2.24) is 0 Å². The first-order valence-corrected chi connectivity index (χ1v) is 5.71. The molecule has 1 rings (SSSR count). The van der Waals surface area contributed by atoms with Gasteiger partial charge in [0.1, 0.15) is 5.75 Å². The van der Waals surface area contributed by atoms with Crippen molar-refractivity contribution in [1.29, 1.82) is 0 Å². The molecule has 0 aliphatic carbocycles. The summed E-state index contributed by atoms with van der Waals surface area (Å²) in [6, 6.07) is 4.57. The van der Waals surface area contributed by atoms with E-state index < -0.39 is 0 Å². The Kier molecular flexibility index (Phi) is 4.62. The summed E-state index contributed by atoms with van der Waals surface area (Å²) in [6.45, 7) is 3.89. The molecule has 3 nitrogen and oxygen atoms in total. The number of anilines is 1. The van der Waals surface area contributed by atoms with Gasteiger partial charge < -0.3 is 10.4 Å². The molecule has 1 atom stereocenters. The maximum atomic E-state index is 11.7. The zero-order chi connectivity index (χ0) is 12.1. The van der Waals surface area contributed by atoms with Crippen LogP contribution in [0.5, 0.6) is 5.75 Å². The second-order valence-corrected chi connectivity index (χ2v) is 4.28. The van der Waals surface area contributed by atoms with Gasteiger partial charge in [-0.15, -0.1) is 0 Å². The molecule has 16 heavy (non-hydrogen) atoms. The summed E-state index contributed by atoms with van der Waals surface area (Å²) in [5.74, 6) is -0.135. The van der Waals surface area contributed by atoms with E-state index in [-0.39, 0.29) is 17.6 Å². The number of carbonyl (C=O) groups is 1. The maximum absolute atomic E-state index is 11.7. The van der Waals surface area contributed by atoms with E-state index in [0.29, 0.717) is 10.7 Å². The summed E-state index contributed by atoms with van der Waals surface area (Å²) in [4.78, 5) is 11.7. The number of phenolic OH excluding ortho intramolecular Hbond substituents is 1. The molecule has 1 aromatic carbocycles. The summed E-state index contributed by atoms with van der Waals surface area (Å²) in [5, 5.41) is 12.7. The number of amides is 1. The fraction of sp³-hybridized carbons (Fsp3) is 0.417. The Bertz CT molecular complexity index is 379. The summed E-state index contributed by atoms with van der Waals surface area (Å²) in [6.07, 6.45) is 1.78. The molecule has 0 radical (unpaired) electrons. The van der Waals surface area contributed by atoms with E-state index in [4.69, 9.17) is 11.6 Å². The number of hydrogen-bond donors (Lipinski definition) is 2. The van der Waals surface area contributed by atoms with Gasteiger partial charge in [-0.25, -0.2) is 0 Å². The van der Waals surface area contributed by atoms with E-state index in [2.05, 4.69) is 5.32 Å². The Hall–Kier alpha value is -1.22. The maximum Gasteiger partial charge on any atom is 0.227 e. The lowest BCUT2D eigenvalue weighted by molar-refractivity contribution is -0.119. The lowest BCUT2D eigenvalue weighted by atomic mass is 10.1. The molecule has 0 aliphatic heterocycles. The van der Waals surface area contributed by atoms with Crippen molar-refractivity contribution >= 4 is 23.2 Å². The van der Waals surface area contributed by atoms with Crippen molar-refractivity contribution in [2.45, 2.75) is 26.7 Å². The highest BCUT2D eigenvalue weighted by molar-refractivity contribution is 6.31. The van der Waals surface area contributed by atoms with E-state index in [1.165, 1.54) is 12.1 Å². The predicted octanol–water partition coefficient (Wildman–Crippen LogP) is 3.42. The van der Waals surface area contributed by atoms with Crippen LogP contribution >= 0.6 is 11.6 Å². The van der Waals surface area contributed by atoms with Crippen LogP contribution in [0.15, 0.2) is 18.2 Å².